The second-order valence-electron chi connectivity index (χ2n) is 14.7. The lowest BCUT2D eigenvalue weighted by Crippen LogP contribution is -2.66. The predicted octanol–water partition coefficient (Wildman–Crippen LogP) is -2.65. The second-order valence-corrected chi connectivity index (χ2v) is 14.7. The van der Waals surface area contributed by atoms with Crippen LogP contribution in [0.5, 0.6) is 0 Å². The maximum Gasteiger partial charge on any atom is 0.220 e. The van der Waals surface area contributed by atoms with Gasteiger partial charge in [0.05, 0.1) is 38.6 Å². The van der Waals surface area contributed by atoms with Gasteiger partial charge in [-0.2, -0.15) is 0 Å². The molecule has 12 N–H and O–H groups in total. The molecule has 3 aliphatic rings. The summed E-state index contributed by atoms with van der Waals surface area (Å²) >= 11 is 0. The van der Waals surface area contributed by atoms with Crippen molar-refractivity contribution in [1.29, 1.82) is 0 Å². The molecule has 3 fully saturated rings. The molecule has 17 unspecified atom stereocenters. The van der Waals surface area contributed by atoms with Gasteiger partial charge in [-0.3, -0.25) is 4.79 Å². The minimum Gasteiger partial charge on any atom is -0.394 e. The highest BCUT2D eigenvalue weighted by Crippen LogP contribution is 2.32. The molecule has 17 atom stereocenters. The highest BCUT2D eigenvalue weighted by molar-refractivity contribution is 5.76. The molecule has 3 saturated heterocycles. The Morgan fingerprint density at radius 3 is 1.70 bits per heavy atom. The molecule has 332 valence electrons. The molecule has 3 heterocycles. The third-order valence-corrected chi connectivity index (χ3v) is 10.2. The Kier molecular flexibility index (Phi) is 22.5. The van der Waals surface area contributed by atoms with Crippen molar-refractivity contribution in [1.82, 2.24) is 5.32 Å². The Balaban J connectivity index is 1.60. The maximum atomic E-state index is 12.5. The van der Waals surface area contributed by atoms with Crippen molar-refractivity contribution >= 4 is 5.91 Å². The molecule has 0 aromatic heterocycles. The molecule has 57 heavy (non-hydrogen) atoms. The van der Waals surface area contributed by atoms with E-state index in [2.05, 4.69) is 24.4 Å². The first-order valence-corrected chi connectivity index (χ1v) is 20.1. The Labute approximate surface area is 333 Å². The van der Waals surface area contributed by atoms with Gasteiger partial charge >= 0.3 is 0 Å². The van der Waals surface area contributed by atoms with Gasteiger partial charge in [-0.15, -0.1) is 0 Å². The van der Waals surface area contributed by atoms with Crippen LogP contribution in [0.25, 0.3) is 0 Å². The lowest BCUT2D eigenvalue weighted by atomic mass is 9.96. The van der Waals surface area contributed by atoms with E-state index in [4.69, 9.17) is 28.4 Å². The SMILES string of the molecule is CCCCCCC/C=C/CC/C=C/C(O)C(COC1OC(CO)C(OC2OC(CO)C(OC3OC(CO)C(O)C(O)C3O)C(O)C2O)C(O)C1O)NC(=O)CCC. The quantitative estimate of drug-likeness (QED) is 0.0349. The smallest absolute Gasteiger partial charge is 0.220 e. The van der Waals surface area contributed by atoms with E-state index in [9.17, 15) is 61.0 Å². The Morgan fingerprint density at radius 1 is 0.614 bits per heavy atom. The van der Waals surface area contributed by atoms with E-state index in [0.717, 1.165) is 19.3 Å². The lowest BCUT2D eigenvalue weighted by Gasteiger charge is -2.48. The minimum absolute atomic E-state index is 0.185. The molecule has 19 heteroatoms. The van der Waals surface area contributed by atoms with Gasteiger partial charge < -0.3 is 89.9 Å². The summed E-state index contributed by atoms with van der Waals surface area (Å²) in [5.41, 5.74) is 0. The summed E-state index contributed by atoms with van der Waals surface area (Å²) < 4.78 is 33.6. The normalized spacial score (nSPS) is 37.5. The zero-order valence-electron chi connectivity index (χ0n) is 32.8. The van der Waals surface area contributed by atoms with Gasteiger partial charge in [-0.25, -0.2) is 0 Å². The van der Waals surface area contributed by atoms with Crippen molar-refractivity contribution in [2.45, 2.75) is 182 Å². The Bertz CT molecular complexity index is 1180. The van der Waals surface area contributed by atoms with E-state index >= 15 is 0 Å². The standard InChI is InChI=1S/C38H67NO18/c1-3-5-6-7-8-9-10-11-12-13-14-16-22(43)21(39-26(44)15-4-2)20-52-36-32(50)29(47)34(24(18-41)54-36)57-38-33(51)30(48)35(25(19-42)55-38)56-37-31(49)28(46)27(45)23(17-40)53-37/h10-11,14,16,21-25,27-38,40-43,45-51H,3-9,12-13,15,17-20H2,1-2H3,(H,39,44)/b11-10+,16-14+. The fraction of sp³-hybridized carbons (Fsp3) is 0.868. The van der Waals surface area contributed by atoms with Crippen LogP contribution in [0.3, 0.4) is 0 Å². The summed E-state index contributed by atoms with van der Waals surface area (Å²) in [5.74, 6) is -0.345. The van der Waals surface area contributed by atoms with Crippen molar-refractivity contribution in [3.63, 3.8) is 0 Å². The van der Waals surface area contributed by atoms with Crippen LogP contribution in [0.1, 0.15) is 78.1 Å². The van der Waals surface area contributed by atoms with E-state index in [1.807, 2.05) is 6.92 Å². The molecule has 0 bridgehead atoms. The number of allylic oxidation sites excluding steroid dienone is 3. The molecule has 0 radical (unpaired) electrons. The number of nitrogens with one attached hydrogen (secondary N) is 1. The number of unbranched alkanes of at least 4 members (excludes halogenated alkanes) is 6. The van der Waals surface area contributed by atoms with Gasteiger partial charge in [-0.1, -0.05) is 63.8 Å². The molecular weight excluding hydrogens is 758 g/mol. The molecule has 1 amide bonds. The molecule has 19 nitrogen and oxygen atoms in total. The van der Waals surface area contributed by atoms with Crippen LogP contribution < -0.4 is 5.32 Å². The summed E-state index contributed by atoms with van der Waals surface area (Å²) in [6.45, 7) is 1.20. The van der Waals surface area contributed by atoms with Crippen LogP contribution in [-0.2, 0) is 33.2 Å². The number of amides is 1. The van der Waals surface area contributed by atoms with Crippen LogP contribution in [-0.4, -0.2) is 193 Å². The number of rotatable bonds is 24. The number of carbonyl (C=O) groups excluding carboxylic acids is 1. The van der Waals surface area contributed by atoms with Gasteiger partial charge in [0, 0.05) is 6.42 Å². The van der Waals surface area contributed by atoms with E-state index in [1.165, 1.54) is 31.8 Å². The lowest BCUT2D eigenvalue weighted by molar-refractivity contribution is -0.379. The van der Waals surface area contributed by atoms with Crippen molar-refractivity contribution < 1.29 is 89.4 Å². The second kappa shape index (κ2) is 25.8. The third-order valence-electron chi connectivity index (χ3n) is 10.2. The predicted molar refractivity (Wildman–Crippen MR) is 199 cm³/mol. The van der Waals surface area contributed by atoms with Gasteiger partial charge in [0.15, 0.2) is 18.9 Å². The number of ether oxygens (including phenoxy) is 6. The van der Waals surface area contributed by atoms with Gasteiger partial charge in [-0.05, 0) is 32.1 Å². The highest BCUT2D eigenvalue weighted by atomic mass is 16.8. The van der Waals surface area contributed by atoms with Crippen LogP contribution in [0.2, 0.25) is 0 Å². The number of hydrogen-bond acceptors (Lipinski definition) is 18. The number of carbonyl (C=O) groups is 1. The summed E-state index contributed by atoms with van der Waals surface area (Å²) in [5, 5.41) is 118. The van der Waals surface area contributed by atoms with Crippen molar-refractivity contribution in [3.05, 3.63) is 24.3 Å². The van der Waals surface area contributed by atoms with E-state index in [0.29, 0.717) is 12.8 Å². The molecule has 0 aromatic carbocycles. The average molecular weight is 826 g/mol. The van der Waals surface area contributed by atoms with Gasteiger partial charge in [0.1, 0.15) is 73.2 Å². The van der Waals surface area contributed by atoms with Crippen LogP contribution in [0, 0.1) is 0 Å². The van der Waals surface area contributed by atoms with Crippen LogP contribution >= 0.6 is 0 Å². The number of hydrogen-bond donors (Lipinski definition) is 12. The van der Waals surface area contributed by atoms with Gasteiger partial charge in [0.25, 0.3) is 0 Å². The number of aliphatic hydroxyl groups excluding tert-OH is 11. The minimum atomic E-state index is -1.97. The largest absolute Gasteiger partial charge is 0.394 e. The molecule has 3 aliphatic heterocycles. The molecule has 0 spiro atoms. The monoisotopic (exact) mass is 825 g/mol. The highest BCUT2D eigenvalue weighted by Gasteiger charge is 2.53. The molecule has 0 aliphatic carbocycles. The fourth-order valence-corrected chi connectivity index (χ4v) is 6.77. The molecule has 0 saturated carbocycles. The van der Waals surface area contributed by atoms with E-state index in [1.54, 1.807) is 6.08 Å². The van der Waals surface area contributed by atoms with Crippen molar-refractivity contribution in [2.75, 3.05) is 26.4 Å². The van der Waals surface area contributed by atoms with Crippen LogP contribution in [0.4, 0.5) is 0 Å². The molecule has 3 rings (SSSR count). The third kappa shape index (κ3) is 14.5. The maximum absolute atomic E-state index is 12.5. The van der Waals surface area contributed by atoms with Crippen molar-refractivity contribution in [3.8, 4) is 0 Å². The fourth-order valence-electron chi connectivity index (χ4n) is 6.77. The summed E-state index contributed by atoms with van der Waals surface area (Å²) in [7, 11) is 0. The zero-order chi connectivity index (χ0) is 42.1. The van der Waals surface area contributed by atoms with E-state index in [-0.39, 0.29) is 18.9 Å². The first-order valence-electron chi connectivity index (χ1n) is 20.1. The summed E-state index contributed by atoms with van der Waals surface area (Å²) in [6.07, 6.45) is -10.0. The summed E-state index contributed by atoms with van der Waals surface area (Å²) in [4.78, 5) is 12.5. The number of aliphatic hydroxyl groups is 11. The topological polar surface area (TPSA) is 307 Å². The Hall–Kier alpha value is -1.73. The van der Waals surface area contributed by atoms with Gasteiger partial charge in [0.2, 0.25) is 5.91 Å². The van der Waals surface area contributed by atoms with E-state index < -0.39 is 124 Å². The van der Waals surface area contributed by atoms with Crippen LogP contribution in [0.15, 0.2) is 24.3 Å². The van der Waals surface area contributed by atoms with Crippen molar-refractivity contribution in [2.24, 2.45) is 0 Å². The molecule has 0 aromatic rings. The molecular formula is C38H67NO18. The zero-order valence-corrected chi connectivity index (χ0v) is 32.8. The Morgan fingerprint density at radius 2 is 1.12 bits per heavy atom. The first kappa shape index (κ1) is 49.6. The summed E-state index contributed by atoms with van der Waals surface area (Å²) in [6, 6.07) is -0.978. The first-order chi connectivity index (χ1) is 27.3. The average Bonchev–Trinajstić information content (AvgIpc) is 3.20.